The van der Waals surface area contributed by atoms with Crippen LogP contribution in [0.15, 0.2) is 18.2 Å². The van der Waals surface area contributed by atoms with Crippen LogP contribution in [0.1, 0.15) is 15.9 Å². The van der Waals surface area contributed by atoms with Crippen LogP contribution in [0.4, 0.5) is 5.69 Å². The minimum atomic E-state index is -3.45. The largest absolute Gasteiger partial charge is 0.465 e. The van der Waals surface area contributed by atoms with E-state index >= 15 is 0 Å². The zero-order valence-corrected chi connectivity index (χ0v) is 11.1. The maximum absolute atomic E-state index is 11.6. The minimum Gasteiger partial charge on any atom is -0.465 e. The van der Waals surface area contributed by atoms with Crippen molar-refractivity contribution >= 4 is 21.7 Å². The highest BCUT2D eigenvalue weighted by atomic mass is 32.2. The van der Waals surface area contributed by atoms with E-state index in [1.165, 1.54) is 13.2 Å². The maximum Gasteiger partial charge on any atom is 0.340 e. The van der Waals surface area contributed by atoms with Gasteiger partial charge in [0, 0.05) is 0 Å². The van der Waals surface area contributed by atoms with Gasteiger partial charge in [-0.2, -0.15) is 0 Å². The summed E-state index contributed by atoms with van der Waals surface area (Å²) in [6.45, 7) is 0.444. The summed E-state index contributed by atoms with van der Waals surface area (Å²) in [6.07, 6.45) is 1.62. The summed E-state index contributed by atoms with van der Waals surface area (Å²) >= 11 is 0. The van der Waals surface area contributed by atoms with Gasteiger partial charge in [0.1, 0.15) is 0 Å². The molecule has 6 nitrogen and oxygen atoms in total. The Labute approximate surface area is 106 Å². The molecule has 0 fully saturated rings. The van der Waals surface area contributed by atoms with Crippen molar-refractivity contribution in [2.24, 2.45) is 5.73 Å². The molecule has 0 aliphatic rings. The van der Waals surface area contributed by atoms with Gasteiger partial charge in [0.15, 0.2) is 0 Å². The fourth-order valence-electron chi connectivity index (χ4n) is 1.48. The standard InChI is InChI=1S/C11H16N2O4S/c1-17-11(14)9-7-8(5-6-12)3-4-10(9)13-18(2,15)16/h3-4,7,13H,5-6,12H2,1-2H3. The number of rotatable bonds is 5. The molecule has 0 atom stereocenters. The molecule has 0 spiro atoms. The molecule has 0 aromatic heterocycles. The molecule has 0 aliphatic carbocycles. The molecule has 0 radical (unpaired) electrons. The number of esters is 1. The van der Waals surface area contributed by atoms with E-state index in [0.29, 0.717) is 13.0 Å². The van der Waals surface area contributed by atoms with Gasteiger partial charge in [-0.3, -0.25) is 4.72 Å². The first-order valence-corrected chi connectivity index (χ1v) is 7.15. The monoisotopic (exact) mass is 272 g/mol. The van der Waals surface area contributed by atoms with E-state index in [0.717, 1.165) is 11.8 Å². The predicted molar refractivity (Wildman–Crippen MR) is 69.0 cm³/mol. The van der Waals surface area contributed by atoms with Gasteiger partial charge in [-0.25, -0.2) is 13.2 Å². The van der Waals surface area contributed by atoms with Crippen LogP contribution >= 0.6 is 0 Å². The van der Waals surface area contributed by atoms with Crippen molar-refractivity contribution in [2.75, 3.05) is 24.6 Å². The molecule has 0 bridgehead atoms. The van der Waals surface area contributed by atoms with Crippen molar-refractivity contribution in [3.63, 3.8) is 0 Å². The molecule has 0 unspecified atom stereocenters. The lowest BCUT2D eigenvalue weighted by Gasteiger charge is -2.11. The van der Waals surface area contributed by atoms with Crippen LogP contribution in [0.5, 0.6) is 0 Å². The van der Waals surface area contributed by atoms with Gasteiger partial charge in [0.25, 0.3) is 0 Å². The zero-order chi connectivity index (χ0) is 13.8. The highest BCUT2D eigenvalue weighted by Crippen LogP contribution is 2.20. The van der Waals surface area contributed by atoms with Crippen LogP contribution in [0.25, 0.3) is 0 Å². The van der Waals surface area contributed by atoms with Crippen molar-refractivity contribution in [3.8, 4) is 0 Å². The lowest BCUT2D eigenvalue weighted by atomic mass is 10.1. The summed E-state index contributed by atoms with van der Waals surface area (Å²) in [5.41, 5.74) is 6.65. The van der Waals surface area contributed by atoms with Crippen LogP contribution in [-0.4, -0.2) is 34.3 Å². The van der Waals surface area contributed by atoms with E-state index in [-0.39, 0.29) is 11.3 Å². The van der Waals surface area contributed by atoms with Crippen molar-refractivity contribution in [2.45, 2.75) is 6.42 Å². The van der Waals surface area contributed by atoms with E-state index in [9.17, 15) is 13.2 Å². The molecule has 0 amide bonds. The van der Waals surface area contributed by atoms with Crippen LogP contribution in [0, 0.1) is 0 Å². The van der Waals surface area contributed by atoms with Gasteiger partial charge in [-0.1, -0.05) is 6.07 Å². The Morgan fingerprint density at radius 2 is 2.11 bits per heavy atom. The summed E-state index contributed by atoms with van der Waals surface area (Å²) in [6, 6.07) is 4.82. The molecule has 0 saturated heterocycles. The molecular weight excluding hydrogens is 256 g/mol. The lowest BCUT2D eigenvalue weighted by Crippen LogP contribution is -2.14. The molecule has 0 aliphatic heterocycles. The first kappa shape index (κ1) is 14.5. The normalized spacial score (nSPS) is 11.1. The number of hydrogen-bond acceptors (Lipinski definition) is 5. The number of methoxy groups -OCH3 is 1. The number of ether oxygens (including phenoxy) is 1. The Morgan fingerprint density at radius 3 is 2.61 bits per heavy atom. The molecule has 0 heterocycles. The zero-order valence-electron chi connectivity index (χ0n) is 10.3. The Kier molecular flexibility index (Phi) is 4.69. The number of nitrogens with two attached hydrogens (primary N) is 1. The third-order valence-electron chi connectivity index (χ3n) is 2.22. The summed E-state index contributed by atoms with van der Waals surface area (Å²) in [5.74, 6) is -0.597. The predicted octanol–water partition coefficient (Wildman–Crippen LogP) is 0.346. The SMILES string of the molecule is COC(=O)c1cc(CCN)ccc1NS(C)(=O)=O. The van der Waals surface area contributed by atoms with Crippen LogP contribution < -0.4 is 10.5 Å². The van der Waals surface area contributed by atoms with Crippen LogP contribution in [-0.2, 0) is 21.2 Å². The fraction of sp³-hybridized carbons (Fsp3) is 0.364. The molecular formula is C11H16N2O4S. The first-order valence-electron chi connectivity index (χ1n) is 5.26. The Bertz CT molecular complexity index is 540. The molecule has 1 aromatic carbocycles. The Morgan fingerprint density at radius 1 is 1.44 bits per heavy atom. The number of nitrogens with one attached hydrogen (secondary N) is 1. The topological polar surface area (TPSA) is 98.5 Å². The fourth-order valence-corrected chi connectivity index (χ4v) is 2.06. The Hall–Kier alpha value is -1.60. The first-order chi connectivity index (χ1) is 8.37. The molecule has 3 N–H and O–H groups in total. The van der Waals surface area contributed by atoms with Gasteiger partial charge in [-0.05, 0) is 30.7 Å². The maximum atomic E-state index is 11.6. The van der Waals surface area contributed by atoms with Gasteiger partial charge >= 0.3 is 5.97 Å². The van der Waals surface area contributed by atoms with E-state index < -0.39 is 16.0 Å². The summed E-state index contributed by atoms with van der Waals surface area (Å²) < 4.78 is 29.3. The number of sulfonamides is 1. The number of carbonyl (C=O) groups is 1. The third-order valence-corrected chi connectivity index (χ3v) is 2.81. The molecule has 1 rings (SSSR count). The number of hydrogen-bond donors (Lipinski definition) is 2. The lowest BCUT2D eigenvalue weighted by molar-refractivity contribution is 0.0602. The Balaban J connectivity index is 3.20. The van der Waals surface area contributed by atoms with E-state index in [4.69, 9.17) is 5.73 Å². The average Bonchev–Trinajstić information content (AvgIpc) is 2.28. The van der Waals surface area contributed by atoms with Crippen LogP contribution in [0.3, 0.4) is 0 Å². The number of anilines is 1. The minimum absolute atomic E-state index is 0.175. The number of benzene rings is 1. The summed E-state index contributed by atoms with van der Waals surface area (Å²) in [5, 5.41) is 0. The average molecular weight is 272 g/mol. The molecule has 100 valence electrons. The van der Waals surface area contributed by atoms with Crippen LogP contribution in [0.2, 0.25) is 0 Å². The quantitative estimate of drug-likeness (QED) is 0.753. The molecule has 1 aromatic rings. The highest BCUT2D eigenvalue weighted by Gasteiger charge is 2.15. The van der Waals surface area contributed by atoms with Crippen molar-refractivity contribution in [3.05, 3.63) is 29.3 Å². The summed E-state index contributed by atoms with van der Waals surface area (Å²) in [7, 11) is -2.21. The molecule has 18 heavy (non-hydrogen) atoms. The second-order valence-electron chi connectivity index (χ2n) is 3.78. The second kappa shape index (κ2) is 5.83. The van der Waals surface area contributed by atoms with Gasteiger partial charge in [0.2, 0.25) is 10.0 Å². The van der Waals surface area contributed by atoms with E-state index in [1.54, 1.807) is 12.1 Å². The van der Waals surface area contributed by atoms with Gasteiger partial charge in [0.05, 0.1) is 24.6 Å². The van der Waals surface area contributed by atoms with Gasteiger partial charge in [-0.15, -0.1) is 0 Å². The smallest absolute Gasteiger partial charge is 0.340 e. The van der Waals surface area contributed by atoms with Crippen molar-refractivity contribution < 1.29 is 17.9 Å². The van der Waals surface area contributed by atoms with Crippen molar-refractivity contribution in [1.82, 2.24) is 0 Å². The highest BCUT2D eigenvalue weighted by molar-refractivity contribution is 7.92. The van der Waals surface area contributed by atoms with E-state index in [1.807, 2.05) is 0 Å². The van der Waals surface area contributed by atoms with E-state index in [2.05, 4.69) is 9.46 Å². The molecule has 0 saturated carbocycles. The third kappa shape index (κ3) is 4.01. The second-order valence-corrected chi connectivity index (χ2v) is 5.53. The van der Waals surface area contributed by atoms with Gasteiger partial charge < -0.3 is 10.5 Å². The summed E-state index contributed by atoms with van der Waals surface area (Å²) in [4.78, 5) is 11.6. The van der Waals surface area contributed by atoms with Crippen molar-refractivity contribution in [1.29, 1.82) is 0 Å². The number of carbonyl (C=O) groups excluding carboxylic acids is 1. The molecule has 7 heteroatoms.